The second kappa shape index (κ2) is 5.44. The van der Waals surface area contributed by atoms with Gasteiger partial charge in [0.1, 0.15) is 0 Å². The predicted molar refractivity (Wildman–Crippen MR) is 83.6 cm³/mol. The van der Waals surface area contributed by atoms with Gasteiger partial charge in [0.25, 0.3) is 0 Å². The van der Waals surface area contributed by atoms with Crippen LogP contribution in [0.15, 0.2) is 54.6 Å². The maximum Gasteiger partial charge on any atom is -0.00941 e. The summed E-state index contributed by atoms with van der Waals surface area (Å²) in [7, 11) is 0. The number of fused-ring (bicyclic) bond motifs is 3. The molecule has 0 amide bonds. The molecule has 0 spiro atoms. The molecule has 2 aromatic carbocycles. The van der Waals surface area contributed by atoms with Crippen LogP contribution >= 0.6 is 0 Å². The summed E-state index contributed by atoms with van der Waals surface area (Å²) in [6.07, 6.45) is 13.3. The molecular formula is C19H20. The van der Waals surface area contributed by atoms with E-state index in [9.17, 15) is 0 Å². The first-order valence-corrected chi connectivity index (χ1v) is 7.19. The lowest BCUT2D eigenvalue weighted by Crippen LogP contribution is -1.88. The van der Waals surface area contributed by atoms with Gasteiger partial charge in [0, 0.05) is 0 Å². The van der Waals surface area contributed by atoms with Crippen molar-refractivity contribution >= 4 is 10.8 Å². The van der Waals surface area contributed by atoms with Gasteiger partial charge >= 0.3 is 0 Å². The molecule has 96 valence electrons. The molecule has 0 saturated heterocycles. The van der Waals surface area contributed by atoms with Gasteiger partial charge in [-0.05, 0) is 60.1 Å². The average Bonchev–Trinajstić information content (AvgIpc) is 2.92. The Morgan fingerprint density at radius 1 is 1.05 bits per heavy atom. The Kier molecular flexibility index (Phi) is 3.50. The highest BCUT2D eigenvalue weighted by molar-refractivity contribution is 5.88. The minimum atomic E-state index is 1.02. The molecule has 0 heteroatoms. The monoisotopic (exact) mass is 248 g/mol. The summed E-state index contributed by atoms with van der Waals surface area (Å²) in [4.78, 5) is 0. The normalized spacial score (nSPS) is 14.8. The number of benzene rings is 2. The fourth-order valence-corrected chi connectivity index (χ4v) is 2.98. The number of rotatable bonds is 3. The Labute approximate surface area is 115 Å². The highest BCUT2D eigenvalue weighted by Crippen LogP contribution is 2.30. The van der Waals surface area contributed by atoms with Crippen molar-refractivity contribution in [3.63, 3.8) is 0 Å². The summed E-state index contributed by atoms with van der Waals surface area (Å²) < 4.78 is 0. The van der Waals surface area contributed by atoms with E-state index in [0.717, 1.165) is 6.42 Å². The van der Waals surface area contributed by atoms with Crippen LogP contribution in [0.4, 0.5) is 0 Å². The molecular weight excluding hydrogens is 228 g/mol. The Hall–Kier alpha value is -1.82. The van der Waals surface area contributed by atoms with Crippen molar-refractivity contribution in [3.05, 3.63) is 71.3 Å². The number of hydrogen-bond donors (Lipinski definition) is 0. The van der Waals surface area contributed by atoms with E-state index >= 15 is 0 Å². The van der Waals surface area contributed by atoms with Crippen LogP contribution in [0.5, 0.6) is 0 Å². The molecule has 0 aromatic heterocycles. The maximum absolute atomic E-state index is 2.39. The maximum atomic E-state index is 2.39. The summed E-state index contributed by atoms with van der Waals surface area (Å²) >= 11 is 0. The molecule has 0 bridgehead atoms. The minimum Gasteiger partial charge on any atom is -0.0877 e. The zero-order valence-electron chi connectivity index (χ0n) is 11.5. The van der Waals surface area contributed by atoms with E-state index in [2.05, 4.69) is 54.6 Å². The fraction of sp³-hybridized carbons (Fsp3) is 0.263. The average molecular weight is 248 g/mol. The van der Waals surface area contributed by atoms with Crippen LogP contribution in [-0.4, -0.2) is 0 Å². The van der Waals surface area contributed by atoms with E-state index in [-0.39, 0.29) is 0 Å². The SMILES string of the molecule is CC=CC=CCc1ccc2ccc3c(c2c1)CCC3. The van der Waals surface area contributed by atoms with E-state index in [0.29, 0.717) is 0 Å². The first-order chi connectivity index (χ1) is 9.38. The Morgan fingerprint density at radius 2 is 1.95 bits per heavy atom. The van der Waals surface area contributed by atoms with Crippen LogP contribution in [-0.2, 0) is 19.3 Å². The van der Waals surface area contributed by atoms with Crippen molar-refractivity contribution in [2.75, 3.05) is 0 Å². The first kappa shape index (κ1) is 12.2. The van der Waals surface area contributed by atoms with Gasteiger partial charge in [-0.1, -0.05) is 54.6 Å². The van der Waals surface area contributed by atoms with Gasteiger partial charge in [-0.25, -0.2) is 0 Å². The third-order valence-electron chi connectivity index (χ3n) is 3.96. The number of allylic oxidation sites excluding steroid dienone is 4. The predicted octanol–water partition coefficient (Wildman–Crippen LogP) is 5.00. The Bertz CT molecular complexity index is 644. The quantitative estimate of drug-likeness (QED) is 0.670. The Morgan fingerprint density at radius 3 is 2.84 bits per heavy atom. The molecule has 0 N–H and O–H groups in total. The van der Waals surface area contributed by atoms with E-state index < -0.39 is 0 Å². The van der Waals surface area contributed by atoms with Crippen molar-refractivity contribution < 1.29 is 0 Å². The second-order valence-corrected chi connectivity index (χ2v) is 5.27. The molecule has 0 heterocycles. The molecule has 1 aliphatic rings. The minimum absolute atomic E-state index is 1.02. The van der Waals surface area contributed by atoms with Crippen LogP contribution in [0.2, 0.25) is 0 Å². The van der Waals surface area contributed by atoms with Crippen LogP contribution in [0.25, 0.3) is 10.8 Å². The van der Waals surface area contributed by atoms with E-state index in [4.69, 9.17) is 0 Å². The van der Waals surface area contributed by atoms with Crippen LogP contribution in [0.1, 0.15) is 30.0 Å². The molecule has 0 atom stereocenters. The first-order valence-electron chi connectivity index (χ1n) is 7.19. The van der Waals surface area contributed by atoms with E-state index in [1.54, 1.807) is 11.1 Å². The lowest BCUT2D eigenvalue weighted by molar-refractivity contribution is 0.913. The third kappa shape index (κ3) is 2.49. The molecule has 0 fully saturated rings. The van der Waals surface area contributed by atoms with Crippen molar-refractivity contribution in [1.29, 1.82) is 0 Å². The van der Waals surface area contributed by atoms with Gasteiger partial charge in [-0.3, -0.25) is 0 Å². The van der Waals surface area contributed by atoms with Crippen LogP contribution < -0.4 is 0 Å². The van der Waals surface area contributed by atoms with Gasteiger partial charge in [0.15, 0.2) is 0 Å². The molecule has 0 unspecified atom stereocenters. The highest BCUT2D eigenvalue weighted by Gasteiger charge is 2.13. The molecule has 0 saturated carbocycles. The molecule has 19 heavy (non-hydrogen) atoms. The van der Waals surface area contributed by atoms with Crippen molar-refractivity contribution in [2.24, 2.45) is 0 Å². The highest BCUT2D eigenvalue weighted by atomic mass is 14.2. The zero-order chi connectivity index (χ0) is 13.1. The topological polar surface area (TPSA) is 0 Å². The molecule has 3 rings (SSSR count). The van der Waals surface area contributed by atoms with Crippen molar-refractivity contribution in [1.82, 2.24) is 0 Å². The van der Waals surface area contributed by atoms with Gasteiger partial charge in [-0.2, -0.15) is 0 Å². The third-order valence-corrected chi connectivity index (χ3v) is 3.96. The van der Waals surface area contributed by atoms with Crippen molar-refractivity contribution in [2.45, 2.75) is 32.6 Å². The summed E-state index contributed by atoms with van der Waals surface area (Å²) in [6, 6.07) is 11.5. The zero-order valence-corrected chi connectivity index (χ0v) is 11.5. The largest absolute Gasteiger partial charge is 0.0877 e. The van der Waals surface area contributed by atoms with Gasteiger partial charge in [0.05, 0.1) is 0 Å². The standard InChI is InChI=1S/C19H20/c1-2-3-4-5-7-15-10-11-17-13-12-16-8-6-9-18(16)19(17)14-15/h2-5,10-14H,6-9H2,1H3. The molecule has 0 radical (unpaired) electrons. The van der Waals surface area contributed by atoms with Crippen molar-refractivity contribution in [3.8, 4) is 0 Å². The summed E-state index contributed by atoms with van der Waals surface area (Å²) in [6.45, 7) is 2.05. The molecule has 0 nitrogen and oxygen atoms in total. The van der Waals surface area contributed by atoms with Gasteiger partial charge in [-0.15, -0.1) is 0 Å². The van der Waals surface area contributed by atoms with Gasteiger partial charge < -0.3 is 0 Å². The molecule has 2 aromatic rings. The lowest BCUT2D eigenvalue weighted by Gasteiger charge is -2.07. The fourth-order valence-electron chi connectivity index (χ4n) is 2.98. The smallest absolute Gasteiger partial charge is 0.00941 e. The lowest BCUT2D eigenvalue weighted by atomic mass is 9.98. The summed E-state index contributed by atoms with van der Waals surface area (Å²) in [5, 5.41) is 2.87. The molecule has 0 aliphatic heterocycles. The van der Waals surface area contributed by atoms with E-state index in [1.807, 2.05) is 6.92 Å². The Balaban J connectivity index is 1.96. The second-order valence-electron chi connectivity index (χ2n) is 5.27. The van der Waals surface area contributed by atoms with Crippen LogP contribution in [0, 0.1) is 0 Å². The number of hydrogen-bond acceptors (Lipinski definition) is 0. The number of aryl methyl sites for hydroxylation is 2. The molecule has 1 aliphatic carbocycles. The summed E-state index contributed by atoms with van der Waals surface area (Å²) in [5.41, 5.74) is 4.57. The summed E-state index contributed by atoms with van der Waals surface area (Å²) in [5.74, 6) is 0. The van der Waals surface area contributed by atoms with Gasteiger partial charge in [0.2, 0.25) is 0 Å². The van der Waals surface area contributed by atoms with Crippen LogP contribution in [0.3, 0.4) is 0 Å². The van der Waals surface area contributed by atoms with E-state index in [1.165, 1.54) is 35.6 Å².